The van der Waals surface area contributed by atoms with E-state index in [1.165, 1.54) is 7.11 Å². The van der Waals surface area contributed by atoms with Crippen LogP contribution in [-0.4, -0.2) is 27.1 Å². The van der Waals surface area contributed by atoms with Crippen molar-refractivity contribution in [2.24, 2.45) is 5.41 Å². The minimum atomic E-state index is -1.09. The maximum atomic E-state index is 12.6. The van der Waals surface area contributed by atoms with Crippen molar-refractivity contribution in [3.8, 4) is 11.1 Å². The summed E-state index contributed by atoms with van der Waals surface area (Å²) in [5.41, 5.74) is 3.41. The predicted molar refractivity (Wildman–Crippen MR) is 126 cm³/mol. The van der Waals surface area contributed by atoms with Crippen LogP contribution in [0.1, 0.15) is 42.3 Å². The van der Waals surface area contributed by atoms with E-state index in [0.717, 1.165) is 22.3 Å². The minimum absolute atomic E-state index is 0.267. The van der Waals surface area contributed by atoms with Gasteiger partial charge in [0.1, 0.15) is 5.60 Å². The van der Waals surface area contributed by atoms with E-state index in [-0.39, 0.29) is 11.4 Å². The summed E-state index contributed by atoms with van der Waals surface area (Å²) in [5, 5.41) is 0. The van der Waals surface area contributed by atoms with Crippen LogP contribution in [0.25, 0.3) is 11.1 Å². The second-order valence-corrected chi connectivity index (χ2v) is 10.8. The third-order valence-electron chi connectivity index (χ3n) is 5.42. The summed E-state index contributed by atoms with van der Waals surface area (Å²) in [6.45, 7) is 10.9. The summed E-state index contributed by atoms with van der Waals surface area (Å²) in [5.74, 6) is -0.354. The zero-order valence-electron chi connectivity index (χ0n) is 19.1. The fraction of sp³-hybridized carbons (Fsp3) is 0.308. The molecule has 1 unspecified atom stereocenters. The van der Waals surface area contributed by atoms with Crippen LogP contribution in [0, 0.1) is 5.41 Å². The van der Waals surface area contributed by atoms with E-state index in [2.05, 4.69) is 44.9 Å². The maximum absolute atomic E-state index is 12.6. The number of hydrogen-bond donors (Lipinski definition) is 0. The highest BCUT2D eigenvalue weighted by Gasteiger charge is 2.47. The number of ether oxygens (including phenoxy) is 1. The molecule has 3 rings (SSSR count). The molecule has 4 nitrogen and oxygen atoms in total. The molecule has 3 aromatic rings. The molecule has 0 aliphatic rings. The van der Waals surface area contributed by atoms with Gasteiger partial charge in [0.15, 0.2) is 0 Å². The van der Waals surface area contributed by atoms with Gasteiger partial charge in [0.2, 0.25) is 9.04 Å². The van der Waals surface area contributed by atoms with Crippen molar-refractivity contribution in [3.63, 3.8) is 0 Å². The number of rotatable bonds is 6. The number of esters is 1. The van der Waals surface area contributed by atoms with Crippen molar-refractivity contribution >= 4 is 15.0 Å². The van der Waals surface area contributed by atoms with E-state index in [1.54, 1.807) is 12.4 Å². The molecular weight excluding hydrogens is 402 g/mol. The van der Waals surface area contributed by atoms with Crippen molar-refractivity contribution in [2.75, 3.05) is 7.11 Å². The first-order valence-electron chi connectivity index (χ1n) is 10.4. The normalized spacial score (nSPS) is 13.6. The van der Waals surface area contributed by atoms with E-state index >= 15 is 0 Å². The number of carbonyl (C=O) groups is 1. The molecule has 0 saturated carbocycles. The summed E-state index contributed by atoms with van der Waals surface area (Å²) < 4.78 is 11.9. The molecule has 0 fully saturated rings. The molecule has 0 saturated heterocycles. The van der Waals surface area contributed by atoms with Gasteiger partial charge in [0.25, 0.3) is 0 Å². The number of methoxy groups -OCH3 is 1. The molecule has 1 aromatic heterocycles. The molecule has 5 heteroatoms. The molecule has 1 atom stereocenters. The molecule has 1 heterocycles. The summed E-state index contributed by atoms with van der Waals surface area (Å²) in [6, 6.07) is 19.9. The van der Waals surface area contributed by atoms with Gasteiger partial charge in [-0.1, -0.05) is 57.2 Å². The molecule has 0 spiro atoms. The molecule has 0 aliphatic carbocycles. The second-order valence-electron chi connectivity index (χ2n) is 8.80. The van der Waals surface area contributed by atoms with E-state index in [4.69, 9.17) is 9.16 Å². The van der Waals surface area contributed by atoms with E-state index in [1.807, 2.05) is 54.6 Å². The van der Waals surface area contributed by atoms with Crippen LogP contribution in [0.5, 0.6) is 0 Å². The SMILES string of the molecule is COC(=O)c1ccc(C(O[Si](C)C)(c2ccncc2)C(C)(C)C)cc1-c1ccccc1. The van der Waals surface area contributed by atoms with Crippen LogP contribution in [0.2, 0.25) is 13.1 Å². The first kappa shape index (κ1) is 22.9. The quantitative estimate of drug-likeness (QED) is 0.349. The molecule has 0 aliphatic heterocycles. The Bertz CT molecular complexity index is 1030. The van der Waals surface area contributed by atoms with Crippen molar-refractivity contribution in [2.45, 2.75) is 39.5 Å². The molecule has 0 N–H and O–H groups in total. The van der Waals surface area contributed by atoms with Crippen LogP contribution in [-0.2, 0) is 14.8 Å². The van der Waals surface area contributed by atoms with Gasteiger partial charge >= 0.3 is 5.97 Å². The van der Waals surface area contributed by atoms with Gasteiger partial charge in [-0.3, -0.25) is 4.98 Å². The third kappa shape index (κ3) is 4.48. The van der Waals surface area contributed by atoms with Crippen LogP contribution >= 0.6 is 0 Å². The van der Waals surface area contributed by atoms with E-state index < -0.39 is 14.6 Å². The smallest absolute Gasteiger partial charge is 0.338 e. The Morgan fingerprint density at radius 2 is 1.55 bits per heavy atom. The fourth-order valence-corrected chi connectivity index (χ4v) is 5.26. The lowest BCUT2D eigenvalue weighted by molar-refractivity contribution is -0.00239. The lowest BCUT2D eigenvalue weighted by Gasteiger charge is -2.47. The Hall–Kier alpha value is -2.76. The summed E-state index contributed by atoms with van der Waals surface area (Å²) in [6.07, 6.45) is 3.61. The molecule has 1 radical (unpaired) electrons. The highest BCUT2D eigenvalue weighted by atomic mass is 28.3. The Kier molecular flexibility index (Phi) is 6.77. The zero-order valence-corrected chi connectivity index (χ0v) is 20.1. The van der Waals surface area contributed by atoms with Gasteiger partial charge in [-0.2, -0.15) is 0 Å². The molecule has 0 amide bonds. The Labute approximate surface area is 187 Å². The fourth-order valence-electron chi connectivity index (χ4n) is 4.10. The van der Waals surface area contributed by atoms with Gasteiger partial charge in [-0.25, -0.2) is 4.79 Å². The monoisotopic (exact) mass is 432 g/mol. The van der Waals surface area contributed by atoms with Crippen LogP contribution in [0.3, 0.4) is 0 Å². The van der Waals surface area contributed by atoms with Gasteiger partial charge in [0, 0.05) is 12.4 Å². The Morgan fingerprint density at radius 1 is 0.903 bits per heavy atom. The topological polar surface area (TPSA) is 48.4 Å². The van der Waals surface area contributed by atoms with Crippen LogP contribution in [0.4, 0.5) is 0 Å². The third-order valence-corrected chi connectivity index (χ3v) is 6.13. The number of pyridine rings is 1. The largest absolute Gasteiger partial charge is 0.465 e. The Balaban J connectivity index is 2.35. The average Bonchev–Trinajstić information content (AvgIpc) is 2.76. The number of aromatic nitrogens is 1. The maximum Gasteiger partial charge on any atom is 0.338 e. The van der Waals surface area contributed by atoms with Crippen LogP contribution < -0.4 is 0 Å². The molecule has 161 valence electrons. The van der Waals surface area contributed by atoms with Gasteiger partial charge in [-0.15, -0.1) is 0 Å². The van der Waals surface area contributed by atoms with E-state index in [9.17, 15) is 4.79 Å². The highest BCUT2D eigenvalue weighted by molar-refractivity contribution is 6.48. The standard InChI is InChI=1S/C26H30NO3Si/c1-25(2,3)26(30-31(5)6,20-14-16-27-17-15-20)21-12-13-22(24(28)29-4)23(18-21)19-10-8-7-9-11-19/h7-18H,1-6H3. The minimum Gasteiger partial charge on any atom is -0.465 e. The molecule has 31 heavy (non-hydrogen) atoms. The first-order valence-corrected chi connectivity index (χ1v) is 12.8. The number of nitrogens with zero attached hydrogens (tertiary/aromatic N) is 1. The average molecular weight is 433 g/mol. The van der Waals surface area contributed by atoms with Crippen LogP contribution in [0.15, 0.2) is 73.1 Å². The zero-order chi connectivity index (χ0) is 22.6. The van der Waals surface area contributed by atoms with Gasteiger partial charge in [-0.05, 0) is 65.0 Å². The molecule has 2 aromatic carbocycles. The number of hydrogen-bond acceptors (Lipinski definition) is 4. The van der Waals surface area contributed by atoms with Gasteiger partial charge in [0.05, 0.1) is 12.7 Å². The van der Waals surface area contributed by atoms with Crippen molar-refractivity contribution in [1.29, 1.82) is 0 Å². The lowest BCUT2D eigenvalue weighted by atomic mass is 9.68. The lowest BCUT2D eigenvalue weighted by Crippen LogP contribution is -2.46. The summed E-state index contributed by atoms with van der Waals surface area (Å²) in [4.78, 5) is 16.8. The summed E-state index contributed by atoms with van der Waals surface area (Å²) in [7, 11) is 0.323. The second kappa shape index (κ2) is 9.16. The van der Waals surface area contributed by atoms with Crippen molar-refractivity contribution in [3.05, 3.63) is 89.7 Å². The first-order chi connectivity index (χ1) is 14.7. The molecule has 0 bridgehead atoms. The van der Waals surface area contributed by atoms with Gasteiger partial charge < -0.3 is 9.16 Å². The molecular formula is C26H30NO3Si. The van der Waals surface area contributed by atoms with Crippen molar-refractivity contribution < 1.29 is 14.0 Å². The van der Waals surface area contributed by atoms with E-state index in [0.29, 0.717) is 5.56 Å². The highest BCUT2D eigenvalue weighted by Crippen LogP contribution is 2.49. The summed E-state index contributed by atoms with van der Waals surface area (Å²) >= 11 is 0. The van der Waals surface area contributed by atoms with Crippen molar-refractivity contribution in [1.82, 2.24) is 4.98 Å². The number of carbonyl (C=O) groups excluding carboxylic acids is 1. The Morgan fingerprint density at radius 3 is 2.10 bits per heavy atom. The number of benzene rings is 2. The predicted octanol–water partition coefficient (Wildman–Crippen LogP) is 6.09.